The zero-order valence-corrected chi connectivity index (χ0v) is 15.8. The van der Waals surface area contributed by atoms with Gasteiger partial charge in [-0.1, -0.05) is 35.4 Å². The Hall–Kier alpha value is -2.22. The van der Waals surface area contributed by atoms with Crippen LogP contribution < -0.4 is 0 Å². The van der Waals surface area contributed by atoms with Gasteiger partial charge in [-0.2, -0.15) is 0 Å². The molecule has 0 N–H and O–H groups in total. The number of nitrogens with zero attached hydrogens (tertiary/aromatic N) is 3. The van der Waals surface area contributed by atoms with Crippen molar-refractivity contribution >= 4 is 22.8 Å². The maximum absolute atomic E-state index is 11.7. The van der Waals surface area contributed by atoms with Crippen LogP contribution in [-0.2, 0) is 23.8 Å². The highest BCUT2D eigenvalue weighted by Crippen LogP contribution is 2.49. The van der Waals surface area contributed by atoms with Crippen LogP contribution >= 0.6 is 10.9 Å². The van der Waals surface area contributed by atoms with Crippen molar-refractivity contribution in [3.8, 4) is 0 Å². The van der Waals surface area contributed by atoms with E-state index in [1.807, 2.05) is 30.3 Å². The van der Waals surface area contributed by atoms with E-state index in [2.05, 4.69) is 10.0 Å². The molecule has 1 aromatic carbocycles. The van der Waals surface area contributed by atoms with Crippen LogP contribution in [0.5, 0.6) is 0 Å². The number of hydrogen-bond acceptors (Lipinski definition) is 6. The van der Waals surface area contributed by atoms with Crippen LogP contribution in [0.1, 0.15) is 13.8 Å². The summed E-state index contributed by atoms with van der Waals surface area (Å²) in [6.07, 6.45) is -1.12. The van der Waals surface area contributed by atoms with Crippen LogP contribution in [-0.4, -0.2) is 54.9 Å². The Morgan fingerprint density at radius 1 is 1.27 bits per heavy atom. The molecule has 1 aromatic rings. The smallest absolute Gasteiger partial charge is 0.302 e. The van der Waals surface area contributed by atoms with E-state index in [-0.39, 0.29) is 11.9 Å². The summed E-state index contributed by atoms with van der Waals surface area (Å²) in [4.78, 5) is 27.0. The zero-order chi connectivity index (χ0) is 19.1. The SMILES string of the molecule is CO[C@H]1C[SH](c2ccccc2)[C@H](COC(C)=O)[C@H](OC(C)=O)[C@H]1N=[N+]=[N-]. The van der Waals surface area contributed by atoms with Gasteiger partial charge in [-0.05, 0) is 10.4 Å². The molecule has 0 amide bonds. The quantitative estimate of drug-likeness (QED) is 0.268. The first kappa shape index (κ1) is 20.1. The highest BCUT2D eigenvalue weighted by Gasteiger charge is 2.46. The van der Waals surface area contributed by atoms with E-state index in [1.54, 1.807) is 7.11 Å². The average Bonchev–Trinajstić information content (AvgIpc) is 2.62. The van der Waals surface area contributed by atoms with Gasteiger partial charge in [0, 0.05) is 31.6 Å². The van der Waals surface area contributed by atoms with Gasteiger partial charge in [-0.25, -0.2) is 10.9 Å². The molecule has 0 bridgehead atoms. The Morgan fingerprint density at radius 3 is 2.50 bits per heavy atom. The third-order valence-corrected chi connectivity index (χ3v) is 7.17. The van der Waals surface area contributed by atoms with Gasteiger partial charge in [0.05, 0.1) is 11.4 Å². The maximum atomic E-state index is 11.7. The standard InChI is InChI=1S/C17H23N3O5S/c1-11(21)24-9-15-17(25-12(2)22)16(19-20-18)14(23-3)10-26(15)13-7-5-4-6-8-13/h4-8,14-17,26H,9-10H2,1-3H3/t14-,15+,16-,17-/m0/s1. The van der Waals surface area contributed by atoms with Crippen molar-refractivity contribution in [1.29, 1.82) is 0 Å². The number of rotatable bonds is 6. The Labute approximate surface area is 154 Å². The molecule has 2 rings (SSSR count). The van der Waals surface area contributed by atoms with Gasteiger partial charge in [-0.3, -0.25) is 9.59 Å². The Kier molecular flexibility index (Phi) is 7.32. The van der Waals surface area contributed by atoms with Crippen molar-refractivity contribution in [2.75, 3.05) is 19.5 Å². The number of benzene rings is 1. The molecular formula is C17H23N3O5S. The molecule has 142 valence electrons. The normalized spacial score (nSPS) is 29.3. The molecule has 0 spiro atoms. The molecule has 1 aliphatic rings. The van der Waals surface area contributed by atoms with Crippen LogP contribution in [0.2, 0.25) is 0 Å². The maximum Gasteiger partial charge on any atom is 0.302 e. The zero-order valence-electron chi connectivity index (χ0n) is 14.9. The number of ether oxygens (including phenoxy) is 3. The van der Waals surface area contributed by atoms with Crippen molar-refractivity contribution in [2.45, 2.75) is 42.2 Å². The van der Waals surface area contributed by atoms with E-state index in [1.165, 1.54) is 13.8 Å². The molecular weight excluding hydrogens is 358 g/mol. The number of azide groups is 1. The second-order valence-electron chi connectivity index (χ2n) is 5.90. The number of methoxy groups -OCH3 is 1. The predicted molar refractivity (Wildman–Crippen MR) is 98.3 cm³/mol. The van der Waals surface area contributed by atoms with E-state index in [0.29, 0.717) is 5.75 Å². The van der Waals surface area contributed by atoms with Crippen LogP contribution in [0, 0.1) is 0 Å². The molecule has 8 nitrogen and oxygen atoms in total. The first-order valence-electron chi connectivity index (χ1n) is 8.17. The number of thiol groups is 1. The molecule has 26 heavy (non-hydrogen) atoms. The average molecular weight is 381 g/mol. The summed E-state index contributed by atoms with van der Waals surface area (Å²) >= 11 is 0. The third kappa shape index (κ3) is 4.91. The molecule has 0 aliphatic carbocycles. The fraction of sp³-hybridized carbons (Fsp3) is 0.529. The second kappa shape index (κ2) is 9.47. The van der Waals surface area contributed by atoms with E-state index in [4.69, 9.17) is 19.7 Å². The summed E-state index contributed by atoms with van der Waals surface area (Å²) in [6.45, 7) is 2.72. The molecule has 0 aromatic heterocycles. The Morgan fingerprint density at radius 2 is 1.96 bits per heavy atom. The lowest BCUT2D eigenvalue weighted by molar-refractivity contribution is -0.151. The van der Waals surface area contributed by atoms with Crippen molar-refractivity contribution < 1.29 is 23.8 Å². The molecule has 5 atom stereocenters. The highest BCUT2D eigenvalue weighted by atomic mass is 32.2. The van der Waals surface area contributed by atoms with Crippen LogP contribution in [0.4, 0.5) is 0 Å². The van der Waals surface area contributed by atoms with E-state index in [9.17, 15) is 9.59 Å². The first-order valence-corrected chi connectivity index (χ1v) is 9.76. The molecule has 1 heterocycles. The minimum atomic E-state index is -0.876. The molecule has 1 fully saturated rings. The summed E-state index contributed by atoms with van der Waals surface area (Å²) in [5.74, 6) is -0.284. The van der Waals surface area contributed by atoms with Gasteiger partial charge in [-0.15, -0.1) is 0 Å². The van der Waals surface area contributed by atoms with Crippen LogP contribution in [0.25, 0.3) is 10.4 Å². The van der Waals surface area contributed by atoms with Gasteiger partial charge >= 0.3 is 11.9 Å². The molecule has 0 radical (unpaired) electrons. The number of carbonyl (C=O) groups is 2. The predicted octanol–water partition coefficient (Wildman–Crippen LogP) is 2.62. The topological polar surface area (TPSA) is 111 Å². The minimum Gasteiger partial charge on any atom is -0.465 e. The van der Waals surface area contributed by atoms with Crippen LogP contribution in [0.3, 0.4) is 0 Å². The minimum absolute atomic E-state index is 0.0851. The molecule has 1 unspecified atom stereocenters. The lowest BCUT2D eigenvalue weighted by Gasteiger charge is -2.46. The highest BCUT2D eigenvalue weighted by molar-refractivity contribution is 8.17. The number of carbonyl (C=O) groups excluding carboxylic acids is 2. The Bertz CT molecular complexity index is 680. The summed E-state index contributed by atoms with van der Waals surface area (Å²) < 4.78 is 16.3. The second-order valence-corrected chi connectivity index (χ2v) is 8.39. The monoisotopic (exact) mass is 381 g/mol. The molecule has 1 aliphatic heterocycles. The summed E-state index contributed by atoms with van der Waals surface area (Å²) in [7, 11) is 0.666. The van der Waals surface area contributed by atoms with Crippen molar-refractivity contribution in [3.63, 3.8) is 0 Å². The summed E-state index contributed by atoms with van der Waals surface area (Å²) in [5.41, 5.74) is 8.95. The summed E-state index contributed by atoms with van der Waals surface area (Å²) in [5, 5.41) is 3.53. The fourth-order valence-electron chi connectivity index (χ4n) is 3.11. The van der Waals surface area contributed by atoms with Crippen molar-refractivity contribution in [2.24, 2.45) is 5.11 Å². The van der Waals surface area contributed by atoms with Gasteiger partial charge in [0.25, 0.3) is 0 Å². The fourth-order valence-corrected chi connectivity index (χ4v) is 6.13. The van der Waals surface area contributed by atoms with Crippen molar-refractivity contribution in [1.82, 2.24) is 0 Å². The lowest BCUT2D eigenvalue weighted by atomic mass is 10.0. The Balaban J connectivity index is 2.45. The molecule has 0 saturated carbocycles. The van der Waals surface area contributed by atoms with E-state index < -0.39 is 41.1 Å². The van der Waals surface area contributed by atoms with Crippen LogP contribution in [0.15, 0.2) is 40.3 Å². The lowest BCUT2D eigenvalue weighted by Crippen LogP contribution is -2.54. The largest absolute Gasteiger partial charge is 0.465 e. The van der Waals surface area contributed by atoms with E-state index in [0.717, 1.165) is 4.90 Å². The van der Waals surface area contributed by atoms with Gasteiger partial charge < -0.3 is 14.2 Å². The number of esters is 2. The van der Waals surface area contributed by atoms with Gasteiger partial charge in [0.1, 0.15) is 18.8 Å². The van der Waals surface area contributed by atoms with E-state index >= 15 is 0 Å². The first-order chi connectivity index (χ1) is 12.5. The van der Waals surface area contributed by atoms with Crippen molar-refractivity contribution in [3.05, 3.63) is 40.8 Å². The third-order valence-electron chi connectivity index (χ3n) is 4.21. The molecule has 1 saturated heterocycles. The summed E-state index contributed by atoms with van der Waals surface area (Å²) in [6, 6.07) is 9.10. The van der Waals surface area contributed by atoms with Gasteiger partial charge in [0.15, 0.2) is 0 Å². The number of hydrogen-bond donors (Lipinski definition) is 1. The van der Waals surface area contributed by atoms with Gasteiger partial charge in [0.2, 0.25) is 0 Å². The molecule has 9 heteroatoms.